The Morgan fingerprint density at radius 2 is 2.07 bits per heavy atom. The van der Waals surface area contributed by atoms with Crippen molar-refractivity contribution in [2.75, 3.05) is 19.6 Å². The third-order valence-electron chi connectivity index (χ3n) is 4.19. The number of nitrogens with one attached hydrogen (secondary N) is 1. The van der Waals surface area contributed by atoms with Gasteiger partial charge in [-0.15, -0.1) is 0 Å². The standard InChI is InChI=1S/C16H23N7O5/c1-9(15(27)28)8-19-13(25)10-7-11-14(26)22(5-6-23(11)21-10)4-2-3-12(24)20-16(17)18/h7,9H,2-6,8H2,1H3,(H,19,25)(H,27,28)(H4,17,18,20,24)/p+1. The van der Waals surface area contributed by atoms with Crippen LogP contribution in [0, 0.1) is 5.92 Å². The molecule has 0 saturated heterocycles. The lowest BCUT2D eigenvalue weighted by Gasteiger charge is -2.27. The molecule has 7 N–H and O–H groups in total. The van der Waals surface area contributed by atoms with Crippen LogP contribution in [-0.4, -0.2) is 69.1 Å². The molecular formula is C16H24N7O5+. The quantitative estimate of drug-likeness (QED) is 0.247. The number of amides is 3. The highest BCUT2D eigenvalue weighted by Crippen LogP contribution is 2.15. The average molecular weight is 394 g/mol. The Morgan fingerprint density at radius 3 is 2.71 bits per heavy atom. The minimum Gasteiger partial charge on any atom is -0.564 e. The predicted octanol–water partition coefficient (Wildman–Crippen LogP) is -2.46. The molecule has 0 spiro atoms. The zero-order chi connectivity index (χ0) is 20.8. The summed E-state index contributed by atoms with van der Waals surface area (Å²) in [4.78, 5) is 52.1. The summed E-state index contributed by atoms with van der Waals surface area (Å²) >= 11 is 0. The molecule has 1 aromatic rings. The van der Waals surface area contributed by atoms with Crippen molar-refractivity contribution in [1.29, 1.82) is 0 Å². The minimum atomic E-state index is -0.770. The van der Waals surface area contributed by atoms with Gasteiger partial charge in [-0.2, -0.15) is 10.1 Å². The van der Waals surface area contributed by atoms with Gasteiger partial charge in [0.15, 0.2) is 11.7 Å². The van der Waals surface area contributed by atoms with Crippen LogP contribution < -0.4 is 16.8 Å². The Labute approximate surface area is 160 Å². The first-order chi connectivity index (χ1) is 13.2. The first-order valence-electron chi connectivity index (χ1n) is 8.72. The number of carbonyl (C=O) groups excluding carboxylic acids is 4. The predicted molar refractivity (Wildman–Crippen MR) is 98.3 cm³/mol. The van der Waals surface area contributed by atoms with Crippen molar-refractivity contribution < 1.29 is 24.3 Å². The van der Waals surface area contributed by atoms with Gasteiger partial charge in [-0.25, -0.2) is 0 Å². The Balaban J connectivity index is 1.94. The van der Waals surface area contributed by atoms with Crippen molar-refractivity contribution in [3.05, 3.63) is 17.5 Å². The van der Waals surface area contributed by atoms with Gasteiger partial charge < -0.3 is 26.8 Å². The van der Waals surface area contributed by atoms with E-state index in [0.717, 1.165) is 0 Å². The van der Waals surface area contributed by atoms with E-state index < -0.39 is 23.7 Å². The number of hydrogen-bond acceptors (Lipinski definition) is 5. The molecule has 152 valence electrons. The smallest absolute Gasteiger partial charge is 0.520 e. The van der Waals surface area contributed by atoms with Crippen molar-refractivity contribution in [3.63, 3.8) is 0 Å². The average Bonchev–Trinajstić information content (AvgIpc) is 3.05. The third kappa shape index (κ3) is 5.28. The number of carbonyl (C=O) groups is 4. The second kappa shape index (κ2) is 8.97. The molecule has 3 amide bonds. The second-order valence-electron chi connectivity index (χ2n) is 6.44. The molecule has 0 aliphatic carbocycles. The normalized spacial score (nSPS) is 14.2. The maximum atomic E-state index is 12.6. The van der Waals surface area contributed by atoms with Crippen LogP contribution in [0.5, 0.6) is 0 Å². The molecule has 0 fully saturated rings. The first-order valence-corrected chi connectivity index (χ1v) is 8.72. The van der Waals surface area contributed by atoms with Crippen LogP contribution in [0.1, 0.15) is 40.7 Å². The maximum Gasteiger partial charge on any atom is 0.520 e. The minimum absolute atomic E-state index is 0.0211. The van der Waals surface area contributed by atoms with Crippen LogP contribution in [0.4, 0.5) is 0 Å². The van der Waals surface area contributed by atoms with E-state index in [-0.39, 0.29) is 36.2 Å². The van der Waals surface area contributed by atoms with E-state index in [0.29, 0.717) is 26.1 Å². The van der Waals surface area contributed by atoms with Crippen LogP contribution in [0.25, 0.3) is 0 Å². The van der Waals surface area contributed by atoms with E-state index in [1.165, 1.54) is 17.7 Å². The Morgan fingerprint density at radius 1 is 1.36 bits per heavy atom. The van der Waals surface area contributed by atoms with E-state index in [1.54, 1.807) is 4.90 Å². The molecule has 0 aromatic carbocycles. The van der Waals surface area contributed by atoms with Gasteiger partial charge in [0.2, 0.25) is 5.91 Å². The molecule has 0 radical (unpaired) electrons. The van der Waals surface area contributed by atoms with E-state index in [2.05, 4.69) is 15.4 Å². The Kier molecular flexibility index (Phi) is 6.69. The summed E-state index contributed by atoms with van der Waals surface area (Å²) in [6.07, 6.45) is 0.517. The van der Waals surface area contributed by atoms with Gasteiger partial charge in [-0.3, -0.25) is 19.1 Å². The fourth-order valence-corrected chi connectivity index (χ4v) is 2.61. The fraction of sp³-hybridized carbons (Fsp3) is 0.500. The monoisotopic (exact) mass is 394 g/mol. The highest BCUT2D eigenvalue weighted by molar-refractivity contribution is 5.98. The molecule has 1 unspecified atom stereocenters. The summed E-state index contributed by atoms with van der Waals surface area (Å²) in [7, 11) is 0. The lowest BCUT2D eigenvalue weighted by Crippen LogP contribution is -2.41. The number of nitrogens with two attached hydrogens (primary N) is 2. The second-order valence-corrected chi connectivity index (χ2v) is 6.44. The molecule has 2 heterocycles. The van der Waals surface area contributed by atoms with Gasteiger partial charge in [0, 0.05) is 36.9 Å². The number of hydrogen-bond donors (Lipinski definition) is 3. The topological polar surface area (TPSA) is 189 Å². The van der Waals surface area contributed by atoms with Gasteiger partial charge in [0.05, 0.1) is 6.54 Å². The van der Waals surface area contributed by atoms with Crippen molar-refractivity contribution >= 4 is 29.7 Å². The Bertz CT molecular complexity index is 812. The van der Waals surface area contributed by atoms with Crippen LogP contribution in [0.15, 0.2) is 11.1 Å². The van der Waals surface area contributed by atoms with Crippen LogP contribution >= 0.6 is 0 Å². The molecule has 0 saturated carbocycles. The largest absolute Gasteiger partial charge is 0.564 e. The highest BCUT2D eigenvalue weighted by Gasteiger charge is 2.28. The summed E-state index contributed by atoms with van der Waals surface area (Å²) in [6, 6.07) is 1.39. The summed E-state index contributed by atoms with van der Waals surface area (Å²) in [5.41, 5.74) is 10.6. The van der Waals surface area contributed by atoms with E-state index in [9.17, 15) is 19.2 Å². The summed E-state index contributed by atoms with van der Waals surface area (Å²) in [6.45, 7) is 2.72. The van der Waals surface area contributed by atoms with Crippen molar-refractivity contribution in [3.8, 4) is 0 Å². The molecule has 1 aromatic heterocycles. The van der Waals surface area contributed by atoms with Gasteiger partial charge in [0.25, 0.3) is 11.8 Å². The number of aliphatic imine (C=N–C) groups is 1. The van der Waals surface area contributed by atoms with Crippen LogP contribution in [-0.2, 0) is 16.1 Å². The Hall–Kier alpha value is -3.44. The molecule has 1 atom stereocenters. The molecule has 12 nitrogen and oxygen atoms in total. The number of aromatic nitrogens is 2. The lowest BCUT2D eigenvalue weighted by molar-refractivity contribution is -0.140. The fourth-order valence-electron chi connectivity index (χ4n) is 2.61. The van der Waals surface area contributed by atoms with Gasteiger partial charge in [-0.1, -0.05) is 0 Å². The van der Waals surface area contributed by atoms with E-state index in [4.69, 9.17) is 16.6 Å². The number of fused-ring (bicyclic) bond motifs is 1. The maximum absolute atomic E-state index is 12.6. The van der Waals surface area contributed by atoms with Crippen molar-refractivity contribution in [2.24, 2.45) is 22.4 Å². The molecule has 1 aliphatic heterocycles. The van der Waals surface area contributed by atoms with E-state index in [1.807, 2.05) is 0 Å². The third-order valence-corrected chi connectivity index (χ3v) is 4.19. The lowest BCUT2D eigenvalue weighted by atomic mass is 10.2. The van der Waals surface area contributed by atoms with Crippen molar-refractivity contribution in [1.82, 2.24) is 20.0 Å². The van der Waals surface area contributed by atoms with Gasteiger partial charge in [-0.05, 0) is 13.3 Å². The SMILES string of the molecule is CC(CNC(=O)c1cc2n(n1)CCN(CCCC(=O)N=C(N)N)C2=O)C(=O)[OH2+]. The van der Waals surface area contributed by atoms with E-state index >= 15 is 0 Å². The number of nitrogens with zero attached hydrogens (tertiary/aromatic N) is 4. The molecule has 2 rings (SSSR count). The van der Waals surface area contributed by atoms with Crippen LogP contribution in [0.2, 0.25) is 0 Å². The summed E-state index contributed by atoms with van der Waals surface area (Å²) < 4.78 is 1.46. The van der Waals surface area contributed by atoms with Gasteiger partial charge >= 0.3 is 5.97 Å². The molecular weight excluding hydrogens is 370 g/mol. The van der Waals surface area contributed by atoms with Crippen LogP contribution in [0.3, 0.4) is 0 Å². The zero-order valence-electron chi connectivity index (χ0n) is 15.5. The highest BCUT2D eigenvalue weighted by atomic mass is 16.4. The molecule has 12 heteroatoms. The zero-order valence-corrected chi connectivity index (χ0v) is 15.5. The molecule has 28 heavy (non-hydrogen) atoms. The van der Waals surface area contributed by atoms with Crippen molar-refractivity contribution in [2.45, 2.75) is 26.3 Å². The first kappa shape index (κ1) is 20.9. The summed E-state index contributed by atoms with van der Waals surface area (Å²) in [5.74, 6) is -2.95. The molecule has 1 aliphatic rings. The van der Waals surface area contributed by atoms with Gasteiger partial charge in [0.1, 0.15) is 11.6 Å². The number of guanidine groups is 1. The number of rotatable bonds is 8. The molecule has 0 bridgehead atoms. The summed E-state index contributed by atoms with van der Waals surface area (Å²) in [5, 5.41) is 13.7.